The maximum absolute atomic E-state index is 11.0. The third-order valence-corrected chi connectivity index (χ3v) is 3.86. The molecule has 0 aliphatic carbocycles. The minimum absolute atomic E-state index is 0.175. The Morgan fingerprint density at radius 3 is 2.57 bits per heavy atom. The van der Waals surface area contributed by atoms with Gasteiger partial charge < -0.3 is 30.1 Å². The number of carbonyl (C=O) groups excluding carboxylic acids is 1. The Labute approximate surface area is 134 Å². The van der Waals surface area contributed by atoms with Crippen molar-refractivity contribution in [2.75, 3.05) is 13.2 Å². The third kappa shape index (κ3) is 4.65. The molecule has 7 nitrogen and oxygen atoms in total. The van der Waals surface area contributed by atoms with Crippen LogP contribution < -0.4 is 10.1 Å². The van der Waals surface area contributed by atoms with Gasteiger partial charge in [-0.3, -0.25) is 4.79 Å². The van der Waals surface area contributed by atoms with Gasteiger partial charge in [0.15, 0.2) is 0 Å². The number of carbonyl (C=O) groups is 1. The Morgan fingerprint density at radius 1 is 1.26 bits per heavy atom. The predicted molar refractivity (Wildman–Crippen MR) is 81.6 cm³/mol. The van der Waals surface area contributed by atoms with E-state index < -0.39 is 37.1 Å². The summed E-state index contributed by atoms with van der Waals surface area (Å²) in [7, 11) is 0. The van der Waals surface area contributed by atoms with Crippen molar-refractivity contribution in [3.8, 4) is 5.75 Å². The summed E-state index contributed by atoms with van der Waals surface area (Å²) in [4.78, 5) is 11.0. The SMILES string of the molecule is CC(=O)NCC[C@@H]1[C@@H](Oc2ccccc2)O[C@H](CO)[C@H](O)[C@@H]1O. The Kier molecular flexibility index (Phi) is 6.35. The minimum atomic E-state index is -1.21. The molecule has 1 heterocycles. The summed E-state index contributed by atoms with van der Waals surface area (Å²) in [5, 5.41) is 32.3. The number of aliphatic hydroxyl groups is 3. The summed E-state index contributed by atoms with van der Waals surface area (Å²) in [5.74, 6) is -0.160. The number of amides is 1. The molecule has 0 radical (unpaired) electrons. The average Bonchev–Trinajstić information content (AvgIpc) is 2.54. The van der Waals surface area contributed by atoms with Crippen molar-refractivity contribution in [3.63, 3.8) is 0 Å². The van der Waals surface area contributed by atoms with E-state index in [1.165, 1.54) is 6.92 Å². The zero-order valence-electron chi connectivity index (χ0n) is 13.0. The van der Waals surface area contributed by atoms with Crippen molar-refractivity contribution in [3.05, 3.63) is 30.3 Å². The van der Waals surface area contributed by atoms with Crippen LogP contribution in [-0.2, 0) is 9.53 Å². The lowest BCUT2D eigenvalue weighted by Crippen LogP contribution is -2.57. The molecular weight excluding hydrogens is 302 g/mol. The highest BCUT2D eigenvalue weighted by Crippen LogP contribution is 2.30. The van der Waals surface area contributed by atoms with Crippen molar-refractivity contribution in [2.45, 2.75) is 37.9 Å². The highest BCUT2D eigenvalue weighted by atomic mass is 16.7. The number of benzene rings is 1. The Balaban J connectivity index is 2.09. The first-order valence-electron chi connectivity index (χ1n) is 7.61. The van der Waals surface area contributed by atoms with Crippen LogP contribution in [0.15, 0.2) is 30.3 Å². The maximum atomic E-state index is 11.0. The molecule has 0 spiro atoms. The van der Waals surface area contributed by atoms with Crippen LogP contribution in [0, 0.1) is 5.92 Å². The lowest BCUT2D eigenvalue weighted by Gasteiger charge is -2.42. The van der Waals surface area contributed by atoms with E-state index in [-0.39, 0.29) is 5.91 Å². The Hall–Kier alpha value is -1.67. The summed E-state index contributed by atoms with van der Waals surface area (Å²) in [6, 6.07) is 8.95. The lowest BCUT2D eigenvalue weighted by molar-refractivity contribution is -0.261. The third-order valence-electron chi connectivity index (χ3n) is 3.86. The van der Waals surface area contributed by atoms with Crippen molar-refractivity contribution in [1.29, 1.82) is 0 Å². The molecule has 23 heavy (non-hydrogen) atoms. The molecule has 7 heteroatoms. The van der Waals surface area contributed by atoms with E-state index in [1.54, 1.807) is 24.3 Å². The normalized spacial score (nSPS) is 30.7. The molecule has 0 saturated carbocycles. The van der Waals surface area contributed by atoms with E-state index >= 15 is 0 Å². The van der Waals surface area contributed by atoms with E-state index in [1.807, 2.05) is 6.07 Å². The number of ether oxygens (including phenoxy) is 2. The summed E-state index contributed by atoms with van der Waals surface area (Å²) >= 11 is 0. The van der Waals surface area contributed by atoms with Crippen LogP contribution in [0.2, 0.25) is 0 Å². The molecule has 128 valence electrons. The average molecular weight is 325 g/mol. The van der Waals surface area contributed by atoms with Gasteiger partial charge in [0.1, 0.15) is 18.0 Å². The van der Waals surface area contributed by atoms with Gasteiger partial charge in [0.25, 0.3) is 0 Å². The smallest absolute Gasteiger partial charge is 0.216 e. The van der Waals surface area contributed by atoms with Crippen LogP contribution >= 0.6 is 0 Å². The standard InChI is InChI=1S/C16H23NO6/c1-10(19)17-8-7-12-14(20)15(21)13(9-18)23-16(12)22-11-5-3-2-4-6-11/h2-6,12-16,18,20-21H,7-9H2,1H3,(H,17,19)/t12-,13+,14+,15-,16-/m0/s1. The fraction of sp³-hybridized carbons (Fsp3) is 0.562. The van der Waals surface area contributed by atoms with Crippen LogP contribution in [0.5, 0.6) is 5.75 Å². The molecule has 0 unspecified atom stereocenters. The molecule has 1 aromatic rings. The molecule has 4 N–H and O–H groups in total. The van der Waals surface area contributed by atoms with Gasteiger partial charge in [-0.15, -0.1) is 0 Å². The van der Waals surface area contributed by atoms with Gasteiger partial charge in [-0.2, -0.15) is 0 Å². The molecular formula is C16H23NO6. The Morgan fingerprint density at radius 2 is 1.96 bits per heavy atom. The van der Waals surface area contributed by atoms with Crippen LogP contribution in [-0.4, -0.2) is 59.0 Å². The summed E-state index contributed by atoms with van der Waals surface area (Å²) in [5.41, 5.74) is 0. The topological polar surface area (TPSA) is 108 Å². The molecule has 1 fully saturated rings. The molecule has 1 aliphatic rings. The number of hydrogen-bond acceptors (Lipinski definition) is 6. The second-order valence-corrected chi connectivity index (χ2v) is 5.57. The molecule has 0 bridgehead atoms. The van der Waals surface area contributed by atoms with E-state index in [4.69, 9.17) is 9.47 Å². The van der Waals surface area contributed by atoms with Crippen molar-refractivity contribution in [1.82, 2.24) is 5.32 Å². The fourth-order valence-electron chi connectivity index (χ4n) is 2.61. The zero-order valence-corrected chi connectivity index (χ0v) is 13.0. The Bertz CT molecular complexity index is 497. The second kappa shape index (κ2) is 8.26. The zero-order chi connectivity index (χ0) is 16.8. The van der Waals surface area contributed by atoms with Crippen molar-refractivity contribution >= 4 is 5.91 Å². The highest BCUT2D eigenvalue weighted by molar-refractivity contribution is 5.72. The van der Waals surface area contributed by atoms with Gasteiger partial charge in [0, 0.05) is 13.5 Å². The predicted octanol–water partition coefficient (Wildman–Crippen LogP) is -0.353. The minimum Gasteiger partial charge on any atom is -0.465 e. The number of nitrogens with one attached hydrogen (secondary N) is 1. The molecule has 0 aromatic heterocycles. The molecule has 1 saturated heterocycles. The van der Waals surface area contributed by atoms with Gasteiger partial charge in [0.2, 0.25) is 12.2 Å². The number of aliphatic hydroxyl groups excluding tert-OH is 3. The number of para-hydroxylation sites is 1. The van der Waals surface area contributed by atoms with Crippen molar-refractivity contribution < 1.29 is 29.6 Å². The van der Waals surface area contributed by atoms with Gasteiger partial charge in [-0.25, -0.2) is 0 Å². The lowest BCUT2D eigenvalue weighted by atomic mass is 9.88. The van der Waals surface area contributed by atoms with Gasteiger partial charge in [-0.1, -0.05) is 18.2 Å². The van der Waals surface area contributed by atoms with E-state index in [0.717, 1.165) is 0 Å². The number of rotatable bonds is 6. The van der Waals surface area contributed by atoms with Gasteiger partial charge in [0.05, 0.1) is 18.6 Å². The molecule has 1 aliphatic heterocycles. The molecule has 5 atom stereocenters. The van der Waals surface area contributed by atoms with E-state index in [0.29, 0.717) is 18.7 Å². The van der Waals surface area contributed by atoms with Crippen molar-refractivity contribution in [2.24, 2.45) is 5.92 Å². The molecule has 2 rings (SSSR count). The van der Waals surface area contributed by atoms with Crippen LogP contribution in [0.4, 0.5) is 0 Å². The van der Waals surface area contributed by atoms with E-state index in [9.17, 15) is 20.1 Å². The largest absolute Gasteiger partial charge is 0.465 e. The maximum Gasteiger partial charge on any atom is 0.216 e. The van der Waals surface area contributed by atoms with Crippen LogP contribution in [0.3, 0.4) is 0 Å². The summed E-state index contributed by atoms with van der Waals surface area (Å²) in [6.07, 6.45) is -3.72. The van der Waals surface area contributed by atoms with Crippen LogP contribution in [0.25, 0.3) is 0 Å². The molecule has 1 aromatic carbocycles. The van der Waals surface area contributed by atoms with Gasteiger partial charge >= 0.3 is 0 Å². The first-order valence-corrected chi connectivity index (χ1v) is 7.61. The number of hydrogen-bond donors (Lipinski definition) is 4. The molecule has 1 amide bonds. The highest BCUT2D eigenvalue weighted by Gasteiger charge is 2.45. The quantitative estimate of drug-likeness (QED) is 0.569. The van der Waals surface area contributed by atoms with Crippen LogP contribution in [0.1, 0.15) is 13.3 Å². The summed E-state index contributed by atoms with van der Waals surface area (Å²) < 4.78 is 11.4. The summed E-state index contributed by atoms with van der Waals surface area (Å²) in [6.45, 7) is 1.30. The van der Waals surface area contributed by atoms with Gasteiger partial charge in [-0.05, 0) is 18.6 Å². The second-order valence-electron chi connectivity index (χ2n) is 5.57. The first kappa shape index (κ1) is 17.7. The van der Waals surface area contributed by atoms with E-state index in [2.05, 4.69) is 5.32 Å². The monoisotopic (exact) mass is 325 g/mol. The first-order chi connectivity index (χ1) is 11.0. The fourth-order valence-corrected chi connectivity index (χ4v) is 2.61.